The molecule has 3 N–H and O–H groups in total. The first-order valence-electron chi connectivity index (χ1n) is 8.82. The summed E-state index contributed by atoms with van der Waals surface area (Å²) in [5.74, 6) is -1.96. The second kappa shape index (κ2) is 10.3. The summed E-state index contributed by atoms with van der Waals surface area (Å²) >= 11 is 0. The van der Waals surface area contributed by atoms with E-state index >= 15 is 0 Å². The summed E-state index contributed by atoms with van der Waals surface area (Å²) in [5.41, 5.74) is -0.109. The van der Waals surface area contributed by atoms with Crippen molar-refractivity contribution in [2.45, 2.75) is 31.7 Å². The molecule has 0 saturated heterocycles. The molecule has 2 aromatic rings. The topological polar surface area (TPSA) is 105 Å². The number of nitrogens with one attached hydrogen (secondary N) is 2. The number of carboxylic acid groups (broad SMARTS) is 1. The standard InChI is InChI=1S/C20H19F3N2O5/c21-20(22,23)14-6-8-15(9-7-14)24-18(28)16(10-11-17(26)27)25-19(29)30-12-13-4-2-1-3-5-13/h1-9,16H,10-12H2,(H,24,28)(H,25,29)(H,26,27)/t16-/m0/s1. The van der Waals surface area contributed by atoms with Gasteiger partial charge in [0.25, 0.3) is 0 Å². The van der Waals surface area contributed by atoms with Crippen molar-refractivity contribution in [1.29, 1.82) is 0 Å². The fourth-order valence-corrected chi connectivity index (χ4v) is 2.42. The SMILES string of the molecule is O=C(O)CC[C@H](NC(=O)OCc1ccccc1)C(=O)Nc1ccc(C(F)(F)F)cc1. The molecule has 7 nitrogen and oxygen atoms in total. The first-order chi connectivity index (χ1) is 14.1. The van der Waals surface area contributed by atoms with Gasteiger partial charge < -0.3 is 20.5 Å². The molecule has 2 amide bonds. The number of ether oxygens (including phenoxy) is 1. The van der Waals surface area contributed by atoms with E-state index in [1.54, 1.807) is 30.3 Å². The maximum atomic E-state index is 12.6. The van der Waals surface area contributed by atoms with Crippen LogP contribution in [0.15, 0.2) is 54.6 Å². The number of rotatable bonds is 8. The molecule has 0 unspecified atom stereocenters. The quantitative estimate of drug-likeness (QED) is 0.598. The van der Waals surface area contributed by atoms with Crippen molar-refractivity contribution in [2.75, 3.05) is 5.32 Å². The van der Waals surface area contributed by atoms with Crippen LogP contribution in [0.2, 0.25) is 0 Å². The Morgan fingerprint density at radius 3 is 2.20 bits per heavy atom. The van der Waals surface area contributed by atoms with E-state index in [1.807, 2.05) is 0 Å². The molecule has 2 aromatic carbocycles. The summed E-state index contributed by atoms with van der Waals surface area (Å²) in [5, 5.41) is 13.5. The predicted octanol–water partition coefficient (Wildman–Crippen LogP) is 3.80. The molecule has 1 atom stereocenters. The van der Waals surface area contributed by atoms with Crippen LogP contribution in [0.1, 0.15) is 24.0 Å². The first kappa shape index (κ1) is 22.7. The molecule has 0 saturated carbocycles. The van der Waals surface area contributed by atoms with Gasteiger partial charge in [0.1, 0.15) is 12.6 Å². The number of benzene rings is 2. The van der Waals surface area contributed by atoms with E-state index in [1.165, 1.54) is 0 Å². The van der Waals surface area contributed by atoms with Crippen LogP contribution in [-0.4, -0.2) is 29.1 Å². The Hall–Kier alpha value is -3.56. The molecule has 0 bridgehead atoms. The summed E-state index contributed by atoms with van der Waals surface area (Å²) in [6, 6.07) is 11.2. The molecule has 0 fully saturated rings. The minimum atomic E-state index is -4.52. The average molecular weight is 424 g/mol. The molecule has 160 valence electrons. The van der Waals surface area contributed by atoms with E-state index in [9.17, 15) is 27.6 Å². The molecule has 0 heterocycles. The largest absolute Gasteiger partial charge is 0.481 e. The Morgan fingerprint density at radius 1 is 1.00 bits per heavy atom. The lowest BCUT2D eigenvalue weighted by atomic mass is 10.1. The smallest absolute Gasteiger partial charge is 0.416 e. The van der Waals surface area contributed by atoms with Gasteiger partial charge in [0, 0.05) is 12.1 Å². The van der Waals surface area contributed by atoms with Crippen molar-refractivity contribution in [1.82, 2.24) is 5.32 Å². The number of aliphatic carboxylic acids is 1. The summed E-state index contributed by atoms with van der Waals surface area (Å²) < 4.78 is 42.9. The highest BCUT2D eigenvalue weighted by Crippen LogP contribution is 2.29. The average Bonchev–Trinajstić information content (AvgIpc) is 2.70. The number of alkyl halides is 3. The van der Waals surface area contributed by atoms with Gasteiger partial charge in [0.15, 0.2) is 0 Å². The highest BCUT2D eigenvalue weighted by Gasteiger charge is 2.30. The van der Waals surface area contributed by atoms with E-state index in [0.29, 0.717) is 5.56 Å². The highest BCUT2D eigenvalue weighted by molar-refractivity contribution is 5.96. The van der Waals surface area contributed by atoms with Crippen molar-refractivity contribution in [2.24, 2.45) is 0 Å². The third kappa shape index (κ3) is 7.46. The van der Waals surface area contributed by atoms with E-state index in [-0.39, 0.29) is 18.7 Å². The van der Waals surface area contributed by atoms with Crippen LogP contribution in [0.4, 0.5) is 23.7 Å². The zero-order valence-corrected chi connectivity index (χ0v) is 15.6. The van der Waals surface area contributed by atoms with Gasteiger partial charge in [-0.3, -0.25) is 9.59 Å². The van der Waals surface area contributed by atoms with Crippen LogP contribution >= 0.6 is 0 Å². The van der Waals surface area contributed by atoms with Crippen molar-refractivity contribution < 1.29 is 37.4 Å². The summed E-state index contributed by atoms with van der Waals surface area (Å²) in [4.78, 5) is 35.2. The zero-order valence-electron chi connectivity index (χ0n) is 15.6. The minimum absolute atomic E-state index is 0.0567. The Labute approximate surface area is 169 Å². The molecule has 0 radical (unpaired) electrons. The molecule has 2 rings (SSSR count). The van der Waals surface area contributed by atoms with E-state index in [4.69, 9.17) is 9.84 Å². The number of carbonyl (C=O) groups excluding carboxylic acids is 2. The Morgan fingerprint density at radius 2 is 1.63 bits per heavy atom. The van der Waals surface area contributed by atoms with Gasteiger partial charge in [-0.15, -0.1) is 0 Å². The molecule has 30 heavy (non-hydrogen) atoms. The third-order valence-corrected chi connectivity index (χ3v) is 3.95. The Balaban J connectivity index is 1.99. The molecule has 0 spiro atoms. The van der Waals surface area contributed by atoms with Crippen LogP contribution in [0.25, 0.3) is 0 Å². The van der Waals surface area contributed by atoms with E-state index in [0.717, 1.165) is 24.3 Å². The van der Waals surface area contributed by atoms with Crippen LogP contribution in [-0.2, 0) is 27.1 Å². The van der Waals surface area contributed by atoms with Gasteiger partial charge in [0.05, 0.1) is 5.56 Å². The maximum absolute atomic E-state index is 12.6. The minimum Gasteiger partial charge on any atom is -0.481 e. The van der Waals surface area contributed by atoms with Gasteiger partial charge in [-0.25, -0.2) is 4.79 Å². The zero-order chi connectivity index (χ0) is 22.1. The van der Waals surface area contributed by atoms with Gasteiger partial charge >= 0.3 is 18.2 Å². The van der Waals surface area contributed by atoms with Gasteiger partial charge in [-0.1, -0.05) is 30.3 Å². The second-order valence-electron chi connectivity index (χ2n) is 6.26. The molecule has 0 aliphatic carbocycles. The van der Waals surface area contributed by atoms with Crippen LogP contribution < -0.4 is 10.6 Å². The number of alkyl carbamates (subject to hydrolysis) is 1. The lowest BCUT2D eigenvalue weighted by Gasteiger charge is -2.18. The van der Waals surface area contributed by atoms with Crippen molar-refractivity contribution in [3.05, 3.63) is 65.7 Å². The van der Waals surface area contributed by atoms with Gasteiger partial charge in [-0.2, -0.15) is 13.2 Å². The monoisotopic (exact) mass is 424 g/mol. The number of amides is 2. The molecule has 10 heteroatoms. The maximum Gasteiger partial charge on any atom is 0.416 e. The molecular weight excluding hydrogens is 405 g/mol. The summed E-state index contributed by atoms with van der Waals surface area (Å²) in [7, 11) is 0. The number of carboxylic acids is 1. The number of hydrogen-bond acceptors (Lipinski definition) is 4. The van der Waals surface area contributed by atoms with Gasteiger partial charge in [0.2, 0.25) is 5.91 Å². The van der Waals surface area contributed by atoms with Gasteiger partial charge in [-0.05, 0) is 36.2 Å². The van der Waals surface area contributed by atoms with E-state index in [2.05, 4.69) is 10.6 Å². The fraction of sp³-hybridized carbons (Fsp3) is 0.250. The van der Waals surface area contributed by atoms with Crippen LogP contribution in [0, 0.1) is 0 Å². The van der Waals surface area contributed by atoms with Crippen LogP contribution in [0.3, 0.4) is 0 Å². The fourth-order valence-electron chi connectivity index (χ4n) is 2.42. The second-order valence-corrected chi connectivity index (χ2v) is 6.26. The first-order valence-corrected chi connectivity index (χ1v) is 8.82. The number of anilines is 1. The lowest BCUT2D eigenvalue weighted by molar-refractivity contribution is -0.138. The van der Waals surface area contributed by atoms with Crippen LogP contribution in [0.5, 0.6) is 0 Å². The van der Waals surface area contributed by atoms with Crippen molar-refractivity contribution in [3.63, 3.8) is 0 Å². The molecule has 0 aliphatic heterocycles. The molecule has 0 aliphatic rings. The normalized spacial score (nSPS) is 12.0. The van der Waals surface area contributed by atoms with Crippen molar-refractivity contribution >= 4 is 23.7 Å². The predicted molar refractivity (Wildman–Crippen MR) is 100 cm³/mol. The number of carbonyl (C=O) groups is 3. The highest BCUT2D eigenvalue weighted by atomic mass is 19.4. The Bertz CT molecular complexity index is 870. The number of halogens is 3. The number of hydrogen-bond donors (Lipinski definition) is 3. The third-order valence-electron chi connectivity index (χ3n) is 3.95. The lowest BCUT2D eigenvalue weighted by Crippen LogP contribution is -2.44. The summed E-state index contributed by atoms with van der Waals surface area (Å²) in [6.45, 7) is -0.0567. The Kier molecular flexibility index (Phi) is 7.79. The van der Waals surface area contributed by atoms with Crippen molar-refractivity contribution in [3.8, 4) is 0 Å². The van der Waals surface area contributed by atoms with E-state index < -0.39 is 42.2 Å². The summed E-state index contributed by atoms with van der Waals surface area (Å²) in [6.07, 6.45) is -6.10. The molecular formula is C20H19F3N2O5. The molecule has 0 aromatic heterocycles.